The number of anilines is 1. The lowest BCUT2D eigenvalue weighted by molar-refractivity contribution is 0.0766. The highest BCUT2D eigenvalue weighted by atomic mass is 16.3. The summed E-state index contributed by atoms with van der Waals surface area (Å²) in [6.45, 7) is 0.664. The van der Waals surface area contributed by atoms with E-state index < -0.39 is 6.10 Å². The van der Waals surface area contributed by atoms with Gasteiger partial charge >= 0.3 is 0 Å². The first-order valence-corrected chi connectivity index (χ1v) is 6.66. The average molecular weight is 262 g/mol. The van der Waals surface area contributed by atoms with Gasteiger partial charge in [0.1, 0.15) is 0 Å². The summed E-state index contributed by atoms with van der Waals surface area (Å²) < 4.78 is 0. The zero-order chi connectivity index (χ0) is 13.4. The maximum atomic E-state index is 12.2. The second kappa shape index (κ2) is 4.83. The molecule has 5 nitrogen and oxygen atoms in total. The summed E-state index contributed by atoms with van der Waals surface area (Å²) in [5.74, 6) is 0.115. The van der Waals surface area contributed by atoms with Gasteiger partial charge in [-0.2, -0.15) is 0 Å². The molecule has 0 saturated heterocycles. The number of nitrogens with one attached hydrogen (secondary N) is 1. The molecule has 19 heavy (non-hydrogen) atoms. The second-order valence-corrected chi connectivity index (χ2v) is 5.21. The van der Waals surface area contributed by atoms with Crippen LogP contribution in [-0.2, 0) is 6.54 Å². The second-order valence-electron chi connectivity index (χ2n) is 5.21. The molecule has 1 amide bonds. The number of carbonyl (C=O) groups is 1. The first kappa shape index (κ1) is 12.4. The van der Waals surface area contributed by atoms with Gasteiger partial charge in [0.05, 0.1) is 12.7 Å². The molecule has 0 bridgehead atoms. The Morgan fingerprint density at radius 3 is 2.89 bits per heavy atom. The van der Waals surface area contributed by atoms with E-state index in [1.54, 1.807) is 0 Å². The first-order chi connectivity index (χ1) is 9.20. The minimum absolute atomic E-state index is 0.115. The van der Waals surface area contributed by atoms with Gasteiger partial charge in [0.15, 0.2) is 0 Å². The number of amides is 1. The van der Waals surface area contributed by atoms with E-state index in [-0.39, 0.29) is 19.1 Å². The van der Waals surface area contributed by atoms with E-state index in [9.17, 15) is 9.90 Å². The van der Waals surface area contributed by atoms with Gasteiger partial charge in [0.25, 0.3) is 5.91 Å². The Morgan fingerprint density at radius 1 is 1.42 bits per heavy atom. The molecule has 3 rings (SSSR count). The van der Waals surface area contributed by atoms with Crippen LogP contribution in [0.5, 0.6) is 0 Å². The number of aliphatic hydroxyl groups is 2. The van der Waals surface area contributed by atoms with E-state index in [2.05, 4.69) is 5.32 Å². The van der Waals surface area contributed by atoms with Gasteiger partial charge in [0, 0.05) is 35.9 Å². The Hall–Kier alpha value is -1.59. The summed E-state index contributed by atoms with van der Waals surface area (Å²) in [4.78, 5) is 14.2. The predicted molar refractivity (Wildman–Crippen MR) is 70.9 cm³/mol. The van der Waals surface area contributed by atoms with Crippen LogP contribution in [0.2, 0.25) is 0 Å². The third-order valence-corrected chi connectivity index (χ3v) is 3.72. The van der Waals surface area contributed by atoms with Crippen molar-refractivity contribution in [2.75, 3.05) is 18.5 Å². The van der Waals surface area contributed by atoms with Gasteiger partial charge in [-0.1, -0.05) is 6.07 Å². The molecule has 1 heterocycles. The van der Waals surface area contributed by atoms with E-state index in [4.69, 9.17) is 5.11 Å². The van der Waals surface area contributed by atoms with Crippen molar-refractivity contribution in [1.29, 1.82) is 0 Å². The van der Waals surface area contributed by atoms with Gasteiger partial charge < -0.3 is 20.4 Å². The molecule has 0 radical (unpaired) electrons. The van der Waals surface area contributed by atoms with Gasteiger partial charge in [-0.15, -0.1) is 0 Å². The molecular formula is C14H18N2O3. The molecule has 1 aliphatic carbocycles. The standard InChI is InChI=1S/C14H18N2O3/c17-8-10(18)6-15-13-3-1-2-11-12(13)7-16(14(11)19)9-4-5-9/h1-3,9-10,15,17-18H,4-8H2. The molecule has 2 aliphatic rings. The Labute approximate surface area is 111 Å². The van der Waals surface area contributed by atoms with Gasteiger partial charge in [0.2, 0.25) is 0 Å². The van der Waals surface area contributed by atoms with E-state index in [0.29, 0.717) is 12.6 Å². The molecule has 3 N–H and O–H groups in total. The normalized spacial score (nSPS) is 19.5. The number of hydrogen-bond acceptors (Lipinski definition) is 4. The van der Waals surface area contributed by atoms with Crippen LogP contribution in [0.4, 0.5) is 5.69 Å². The largest absolute Gasteiger partial charge is 0.394 e. The molecule has 1 aromatic rings. The van der Waals surface area contributed by atoms with Crippen molar-refractivity contribution in [2.45, 2.75) is 31.5 Å². The molecule has 1 aliphatic heterocycles. The quantitative estimate of drug-likeness (QED) is 0.725. The van der Waals surface area contributed by atoms with Gasteiger partial charge in [-0.25, -0.2) is 0 Å². The van der Waals surface area contributed by atoms with Crippen LogP contribution < -0.4 is 5.32 Å². The van der Waals surface area contributed by atoms with Crippen molar-refractivity contribution < 1.29 is 15.0 Å². The van der Waals surface area contributed by atoms with Crippen LogP contribution in [0.1, 0.15) is 28.8 Å². The van der Waals surface area contributed by atoms with Crippen LogP contribution in [-0.4, -0.2) is 46.3 Å². The summed E-state index contributed by atoms with van der Waals surface area (Å²) in [7, 11) is 0. The number of nitrogens with zero attached hydrogens (tertiary/aromatic N) is 1. The lowest BCUT2D eigenvalue weighted by Gasteiger charge is -2.15. The fourth-order valence-electron chi connectivity index (χ4n) is 2.49. The SMILES string of the molecule is O=C1c2cccc(NCC(O)CO)c2CN1C1CC1. The Balaban J connectivity index is 1.79. The summed E-state index contributed by atoms with van der Waals surface area (Å²) in [5, 5.41) is 21.3. The van der Waals surface area contributed by atoms with Crippen molar-refractivity contribution >= 4 is 11.6 Å². The molecule has 1 unspecified atom stereocenters. The zero-order valence-electron chi connectivity index (χ0n) is 10.7. The molecule has 102 valence electrons. The highest BCUT2D eigenvalue weighted by Gasteiger charge is 2.38. The third-order valence-electron chi connectivity index (χ3n) is 3.72. The van der Waals surface area contributed by atoms with Crippen molar-refractivity contribution in [1.82, 2.24) is 4.90 Å². The third kappa shape index (κ3) is 2.31. The number of carbonyl (C=O) groups excluding carboxylic acids is 1. The van der Waals surface area contributed by atoms with Crippen molar-refractivity contribution in [3.8, 4) is 0 Å². The maximum Gasteiger partial charge on any atom is 0.254 e. The van der Waals surface area contributed by atoms with E-state index in [1.807, 2.05) is 23.1 Å². The van der Waals surface area contributed by atoms with Crippen molar-refractivity contribution in [2.24, 2.45) is 0 Å². The maximum absolute atomic E-state index is 12.2. The van der Waals surface area contributed by atoms with E-state index >= 15 is 0 Å². The molecule has 5 heteroatoms. The predicted octanol–water partition coefficient (Wildman–Crippen LogP) is 0.570. The molecular weight excluding hydrogens is 244 g/mol. The number of aliphatic hydroxyl groups excluding tert-OH is 2. The number of rotatable bonds is 5. The summed E-state index contributed by atoms with van der Waals surface area (Å²) in [6.07, 6.45) is 1.42. The van der Waals surface area contributed by atoms with Gasteiger partial charge in [-0.3, -0.25) is 4.79 Å². The molecule has 1 aromatic carbocycles. The molecule has 1 fully saturated rings. The fraction of sp³-hybridized carbons (Fsp3) is 0.500. The topological polar surface area (TPSA) is 72.8 Å². The van der Waals surface area contributed by atoms with Crippen LogP contribution in [0.3, 0.4) is 0 Å². The lowest BCUT2D eigenvalue weighted by Crippen LogP contribution is -2.26. The minimum atomic E-state index is -0.785. The van der Waals surface area contributed by atoms with Crippen LogP contribution in [0.25, 0.3) is 0 Å². The molecule has 0 aromatic heterocycles. The Kier molecular flexibility index (Phi) is 3.16. The Morgan fingerprint density at radius 2 is 2.21 bits per heavy atom. The monoisotopic (exact) mass is 262 g/mol. The molecule has 0 spiro atoms. The Bertz CT molecular complexity index is 499. The van der Waals surface area contributed by atoms with Crippen LogP contribution in [0.15, 0.2) is 18.2 Å². The number of benzene rings is 1. The van der Waals surface area contributed by atoms with Crippen LogP contribution in [0, 0.1) is 0 Å². The fourth-order valence-corrected chi connectivity index (χ4v) is 2.49. The van der Waals surface area contributed by atoms with E-state index in [1.165, 1.54) is 0 Å². The molecule has 1 atom stereocenters. The summed E-state index contributed by atoms with van der Waals surface area (Å²) in [5.41, 5.74) is 2.64. The van der Waals surface area contributed by atoms with E-state index in [0.717, 1.165) is 29.7 Å². The average Bonchev–Trinajstić information content (AvgIpc) is 3.21. The first-order valence-electron chi connectivity index (χ1n) is 6.66. The molecule has 1 saturated carbocycles. The van der Waals surface area contributed by atoms with Crippen molar-refractivity contribution in [3.05, 3.63) is 29.3 Å². The lowest BCUT2D eigenvalue weighted by atomic mass is 10.1. The summed E-state index contributed by atoms with van der Waals surface area (Å²) >= 11 is 0. The smallest absolute Gasteiger partial charge is 0.254 e. The van der Waals surface area contributed by atoms with Crippen molar-refractivity contribution in [3.63, 3.8) is 0 Å². The highest BCUT2D eigenvalue weighted by Crippen LogP contribution is 2.37. The number of hydrogen-bond donors (Lipinski definition) is 3. The van der Waals surface area contributed by atoms with Crippen LogP contribution >= 0.6 is 0 Å². The highest BCUT2D eigenvalue weighted by molar-refractivity contribution is 6.00. The summed E-state index contributed by atoms with van der Waals surface area (Å²) in [6, 6.07) is 6.02. The number of fused-ring (bicyclic) bond motifs is 1. The minimum Gasteiger partial charge on any atom is -0.394 e. The zero-order valence-corrected chi connectivity index (χ0v) is 10.7. The van der Waals surface area contributed by atoms with Gasteiger partial charge in [-0.05, 0) is 25.0 Å².